The number of hydrogen-bond acceptors (Lipinski definition) is 1. The van der Waals surface area contributed by atoms with Crippen molar-refractivity contribution in [1.29, 1.82) is 0 Å². The molecule has 1 aromatic heterocycles. The van der Waals surface area contributed by atoms with E-state index in [2.05, 4.69) is 84.9 Å². The molecule has 1 heterocycles. The SMILES string of the molecule is c1ccc([Si]c2cccc(-c3ccc4c(c3)oc3ccccc34)c2)cc1. The predicted molar refractivity (Wildman–Crippen MR) is 111 cm³/mol. The smallest absolute Gasteiger partial charge is 0.136 e. The molecule has 0 amide bonds. The van der Waals surface area contributed by atoms with Crippen LogP contribution in [0, 0.1) is 0 Å². The van der Waals surface area contributed by atoms with Crippen molar-refractivity contribution >= 4 is 41.8 Å². The van der Waals surface area contributed by atoms with Crippen LogP contribution in [0.1, 0.15) is 0 Å². The molecule has 4 aromatic carbocycles. The molecule has 0 bridgehead atoms. The van der Waals surface area contributed by atoms with Crippen LogP contribution in [0.15, 0.2) is 101 Å². The van der Waals surface area contributed by atoms with Crippen molar-refractivity contribution in [3.05, 3.63) is 97.1 Å². The highest BCUT2D eigenvalue weighted by atomic mass is 28.2. The molecule has 5 rings (SSSR count). The molecule has 122 valence electrons. The van der Waals surface area contributed by atoms with Crippen molar-refractivity contribution in [3.63, 3.8) is 0 Å². The van der Waals surface area contributed by atoms with Crippen molar-refractivity contribution in [3.8, 4) is 11.1 Å². The van der Waals surface area contributed by atoms with Crippen LogP contribution in [-0.2, 0) is 0 Å². The first-order chi connectivity index (χ1) is 12.9. The van der Waals surface area contributed by atoms with Crippen LogP contribution in [0.4, 0.5) is 0 Å². The molecular weight excluding hydrogens is 332 g/mol. The summed E-state index contributed by atoms with van der Waals surface area (Å²) in [4.78, 5) is 0. The number of benzene rings is 4. The lowest BCUT2D eigenvalue weighted by molar-refractivity contribution is 0.669. The van der Waals surface area contributed by atoms with Crippen LogP contribution in [0.2, 0.25) is 0 Å². The number of para-hydroxylation sites is 1. The van der Waals surface area contributed by atoms with Gasteiger partial charge in [0, 0.05) is 10.8 Å². The van der Waals surface area contributed by atoms with E-state index in [4.69, 9.17) is 4.42 Å². The third-order valence-corrected chi connectivity index (χ3v) is 5.86. The van der Waals surface area contributed by atoms with Gasteiger partial charge in [-0.15, -0.1) is 0 Å². The van der Waals surface area contributed by atoms with E-state index < -0.39 is 0 Å². The van der Waals surface area contributed by atoms with E-state index in [1.807, 2.05) is 12.1 Å². The third-order valence-electron chi connectivity index (χ3n) is 4.64. The van der Waals surface area contributed by atoms with Gasteiger partial charge in [0.1, 0.15) is 20.7 Å². The predicted octanol–water partition coefficient (Wildman–Crippen LogP) is 4.91. The van der Waals surface area contributed by atoms with Gasteiger partial charge in [-0.3, -0.25) is 0 Å². The zero-order valence-corrected chi connectivity index (χ0v) is 15.1. The maximum absolute atomic E-state index is 6.04. The van der Waals surface area contributed by atoms with Crippen molar-refractivity contribution < 1.29 is 4.42 Å². The highest BCUT2D eigenvalue weighted by Crippen LogP contribution is 2.31. The number of furan rings is 1. The minimum Gasteiger partial charge on any atom is -0.456 e. The molecule has 0 aliphatic rings. The summed E-state index contributed by atoms with van der Waals surface area (Å²) in [5.74, 6) is 0. The second kappa shape index (κ2) is 6.32. The lowest BCUT2D eigenvalue weighted by Crippen LogP contribution is -2.26. The fourth-order valence-electron chi connectivity index (χ4n) is 3.37. The van der Waals surface area contributed by atoms with E-state index in [-0.39, 0.29) is 0 Å². The van der Waals surface area contributed by atoms with E-state index in [1.54, 1.807) is 0 Å². The first-order valence-corrected chi connectivity index (χ1v) is 9.71. The Morgan fingerprint density at radius 2 is 1.23 bits per heavy atom. The lowest BCUT2D eigenvalue weighted by Gasteiger charge is -2.06. The average Bonchev–Trinajstić information content (AvgIpc) is 3.07. The van der Waals surface area contributed by atoms with Gasteiger partial charge in [0.05, 0.1) is 0 Å². The molecule has 0 saturated carbocycles. The molecule has 5 aromatic rings. The number of rotatable bonds is 3. The van der Waals surface area contributed by atoms with Crippen LogP contribution in [0.25, 0.3) is 33.1 Å². The summed E-state index contributed by atoms with van der Waals surface area (Å²) < 4.78 is 6.04. The standard InChI is InChI=1S/C24H16OSi/c1-2-8-19(9-3-1)26-20-10-6-7-17(15-20)18-13-14-22-21-11-4-5-12-23(21)25-24(22)16-18/h1-16H. The Hall–Kier alpha value is -3.10. The second-order valence-electron chi connectivity index (χ2n) is 6.38. The van der Waals surface area contributed by atoms with Gasteiger partial charge in [-0.1, -0.05) is 89.2 Å². The summed E-state index contributed by atoms with van der Waals surface area (Å²) in [6, 6.07) is 34.2. The molecule has 0 unspecified atom stereocenters. The Morgan fingerprint density at radius 3 is 2.15 bits per heavy atom. The Labute approximate surface area is 154 Å². The number of fused-ring (bicyclic) bond motifs is 3. The molecule has 26 heavy (non-hydrogen) atoms. The molecule has 0 saturated heterocycles. The normalized spacial score (nSPS) is 11.2. The summed E-state index contributed by atoms with van der Waals surface area (Å²) in [5, 5.41) is 5.05. The topological polar surface area (TPSA) is 13.1 Å². The highest BCUT2D eigenvalue weighted by Gasteiger charge is 2.08. The van der Waals surface area contributed by atoms with Gasteiger partial charge in [-0.05, 0) is 29.3 Å². The van der Waals surface area contributed by atoms with Crippen molar-refractivity contribution in [1.82, 2.24) is 0 Å². The van der Waals surface area contributed by atoms with Crippen molar-refractivity contribution in [2.24, 2.45) is 0 Å². The van der Waals surface area contributed by atoms with E-state index in [0.29, 0.717) is 9.52 Å². The minimum absolute atomic E-state index is 0.668. The van der Waals surface area contributed by atoms with Gasteiger partial charge in [-0.25, -0.2) is 0 Å². The summed E-state index contributed by atoms with van der Waals surface area (Å²) >= 11 is 0. The first kappa shape index (κ1) is 15.2. The third kappa shape index (κ3) is 2.75. The van der Waals surface area contributed by atoms with Gasteiger partial charge in [0.15, 0.2) is 0 Å². The second-order valence-corrected chi connectivity index (χ2v) is 7.79. The van der Waals surface area contributed by atoms with Crippen LogP contribution in [0.3, 0.4) is 0 Å². The summed E-state index contributed by atoms with van der Waals surface area (Å²) in [6.45, 7) is 0. The zero-order valence-electron chi connectivity index (χ0n) is 14.1. The van der Waals surface area contributed by atoms with Gasteiger partial charge < -0.3 is 4.42 Å². The summed E-state index contributed by atoms with van der Waals surface area (Å²) in [5.41, 5.74) is 4.31. The Morgan fingerprint density at radius 1 is 0.500 bits per heavy atom. The quantitative estimate of drug-likeness (QED) is 0.422. The first-order valence-electron chi connectivity index (χ1n) is 8.71. The van der Waals surface area contributed by atoms with Crippen LogP contribution >= 0.6 is 0 Å². The van der Waals surface area contributed by atoms with Gasteiger partial charge in [0.25, 0.3) is 0 Å². The van der Waals surface area contributed by atoms with Crippen molar-refractivity contribution in [2.75, 3.05) is 0 Å². The van der Waals surface area contributed by atoms with Gasteiger partial charge in [0.2, 0.25) is 0 Å². The van der Waals surface area contributed by atoms with Crippen LogP contribution in [0.5, 0.6) is 0 Å². The van der Waals surface area contributed by atoms with E-state index in [1.165, 1.54) is 32.3 Å². The van der Waals surface area contributed by atoms with E-state index in [0.717, 1.165) is 11.2 Å². The lowest BCUT2D eigenvalue weighted by atomic mass is 10.0. The fourth-order valence-corrected chi connectivity index (χ4v) is 4.47. The molecule has 0 atom stereocenters. The molecule has 0 aliphatic carbocycles. The average molecular weight is 348 g/mol. The van der Waals surface area contributed by atoms with E-state index in [9.17, 15) is 0 Å². The Bertz CT molecular complexity index is 1200. The number of hydrogen-bond donors (Lipinski definition) is 0. The Balaban J connectivity index is 1.55. The summed E-state index contributed by atoms with van der Waals surface area (Å²) in [6.07, 6.45) is 0. The zero-order chi connectivity index (χ0) is 17.3. The van der Waals surface area contributed by atoms with Gasteiger partial charge >= 0.3 is 0 Å². The molecule has 0 fully saturated rings. The minimum atomic E-state index is 0.668. The van der Waals surface area contributed by atoms with E-state index >= 15 is 0 Å². The van der Waals surface area contributed by atoms with Gasteiger partial charge in [-0.2, -0.15) is 0 Å². The molecular formula is C24H16OSi. The van der Waals surface area contributed by atoms with Crippen LogP contribution in [-0.4, -0.2) is 9.52 Å². The molecule has 0 N–H and O–H groups in total. The summed E-state index contributed by atoms with van der Waals surface area (Å²) in [7, 11) is 0.668. The molecule has 0 aliphatic heterocycles. The Kier molecular flexibility index (Phi) is 3.69. The molecule has 2 heteroatoms. The molecule has 0 spiro atoms. The maximum Gasteiger partial charge on any atom is 0.136 e. The fraction of sp³-hybridized carbons (Fsp3) is 0. The molecule has 1 nitrogen and oxygen atoms in total. The maximum atomic E-state index is 6.04. The van der Waals surface area contributed by atoms with Crippen LogP contribution < -0.4 is 10.4 Å². The largest absolute Gasteiger partial charge is 0.456 e. The monoisotopic (exact) mass is 348 g/mol. The molecule has 2 radical (unpaired) electrons. The van der Waals surface area contributed by atoms with Crippen molar-refractivity contribution in [2.45, 2.75) is 0 Å². The highest BCUT2D eigenvalue weighted by molar-refractivity contribution is 6.67.